The molecular formula is C16H21NO2. The van der Waals surface area contributed by atoms with Crippen molar-refractivity contribution < 1.29 is 9.59 Å². The van der Waals surface area contributed by atoms with Crippen LogP contribution in [0.5, 0.6) is 0 Å². The van der Waals surface area contributed by atoms with E-state index in [1.165, 1.54) is 5.56 Å². The van der Waals surface area contributed by atoms with Gasteiger partial charge in [0.25, 0.3) is 0 Å². The fourth-order valence-corrected chi connectivity index (χ4v) is 2.76. The zero-order valence-corrected chi connectivity index (χ0v) is 11.9. The molecule has 0 saturated heterocycles. The fraction of sp³-hybridized carbons (Fsp3) is 0.500. The summed E-state index contributed by atoms with van der Waals surface area (Å²) in [5.41, 5.74) is 3.28. The van der Waals surface area contributed by atoms with E-state index < -0.39 is 0 Å². The van der Waals surface area contributed by atoms with Crippen LogP contribution in [-0.4, -0.2) is 18.7 Å². The average Bonchev–Trinajstić information content (AvgIpc) is 2.38. The van der Waals surface area contributed by atoms with Crippen molar-refractivity contribution >= 4 is 17.4 Å². The lowest BCUT2D eigenvalue weighted by Crippen LogP contribution is -2.35. The monoisotopic (exact) mass is 259 g/mol. The van der Waals surface area contributed by atoms with Crippen molar-refractivity contribution in [2.24, 2.45) is 5.92 Å². The lowest BCUT2D eigenvalue weighted by atomic mass is 9.87. The molecule has 0 bridgehead atoms. The Hall–Kier alpha value is -1.64. The van der Waals surface area contributed by atoms with Gasteiger partial charge in [-0.1, -0.05) is 17.7 Å². The first-order valence-corrected chi connectivity index (χ1v) is 6.85. The molecule has 1 fully saturated rings. The Bertz CT molecular complexity index is 497. The van der Waals surface area contributed by atoms with Crippen molar-refractivity contribution in [2.75, 3.05) is 11.9 Å². The SMILES string of the molecule is Cc1ccc(N(C)C(=O)C2CCC(=O)CC2)c(C)c1. The highest BCUT2D eigenvalue weighted by Gasteiger charge is 2.27. The van der Waals surface area contributed by atoms with Gasteiger partial charge in [-0.15, -0.1) is 0 Å². The van der Waals surface area contributed by atoms with Gasteiger partial charge in [0, 0.05) is 31.5 Å². The van der Waals surface area contributed by atoms with E-state index in [1.54, 1.807) is 4.90 Å². The number of Topliss-reactive ketones (excluding diaryl/α,β-unsaturated/α-hetero) is 1. The molecule has 0 radical (unpaired) electrons. The largest absolute Gasteiger partial charge is 0.315 e. The summed E-state index contributed by atoms with van der Waals surface area (Å²) in [5, 5.41) is 0. The van der Waals surface area contributed by atoms with Crippen LogP contribution in [-0.2, 0) is 9.59 Å². The molecule has 0 heterocycles. The zero-order chi connectivity index (χ0) is 14.0. The molecule has 1 saturated carbocycles. The molecule has 102 valence electrons. The fourth-order valence-electron chi connectivity index (χ4n) is 2.76. The molecule has 3 heteroatoms. The van der Waals surface area contributed by atoms with Crippen LogP contribution in [0.2, 0.25) is 0 Å². The number of hydrogen-bond donors (Lipinski definition) is 0. The molecule has 0 aromatic heterocycles. The molecule has 1 amide bonds. The van der Waals surface area contributed by atoms with Gasteiger partial charge in [0.05, 0.1) is 0 Å². The van der Waals surface area contributed by atoms with Gasteiger partial charge in [0.2, 0.25) is 5.91 Å². The molecule has 19 heavy (non-hydrogen) atoms. The summed E-state index contributed by atoms with van der Waals surface area (Å²) in [6.07, 6.45) is 2.51. The van der Waals surface area contributed by atoms with E-state index in [1.807, 2.05) is 33.0 Å². The van der Waals surface area contributed by atoms with Gasteiger partial charge in [-0.25, -0.2) is 0 Å². The second-order valence-corrected chi connectivity index (χ2v) is 5.50. The lowest BCUT2D eigenvalue weighted by Gasteiger charge is -2.27. The zero-order valence-electron chi connectivity index (χ0n) is 11.9. The number of aryl methyl sites for hydroxylation is 2. The molecule has 1 aromatic rings. The van der Waals surface area contributed by atoms with Gasteiger partial charge < -0.3 is 4.90 Å². The predicted molar refractivity (Wildman–Crippen MR) is 76.3 cm³/mol. The molecule has 1 aliphatic carbocycles. The second kappa shape index (κ2) is 5.55. The summed E-state index contributed by atoms with van der Waals surface area (Å²) >= 11 is 0. The van der Waals surface area contributed by atoms with Gasteiger partial charge in [-0.3, -0.25) is 9.59 Å². The Morgan fingerprint density at radius 3 is 2.42 bits per heavy atom. The Morgan fingerprint density at radius 1 is 1.21 bits per heavy atom. The number of carbonyl (C=O) groups is 2. The summed E-state index contributed by atoms with van der Waals surface area (Å²) < 4.78 is 0. The maximum Gasteiger partial charge on any atom is 0.229 e. The van der Waals surface area contributed by atoms with E-state index in [4.69, 9.17) is 0 Å². The lowest BCUT2D eigenvalue weighted by molar-refractivity contribution is -0.126. The van der Waals surface area contributed by atoms with E-state index in [0.717, 1.165) is 11.3 Å². The highest BCUT2D eigenvalue weighted by Crippen LogP contribution is 2.27. The van der Waals surface area contributed by atoms with Crippen molar-refractivity contribution in [1.82, 2.24) is 0 Å². The first-order chi connectivity index (χ1) is 8.99. The van der Waals surface area contributed by atoms with Crippen molar-refractivity contribution in [3.05, 3.63) is 29.3 Å². The van der Waals surface area contributed by atoms with Gasteiger partial charge in [0.1, 0.15) is 5.78 Å². The van der Waals surface area contributed by atoms with Gasteiger partial charge in [-0.2, -0.15) is 0 Å². The van der Waals surface area contributed by atoms with Crippen LogP contribution in [0.3, 0.4) is 0 Å². The van der Waals surface area contributed by atoms with Crippen molar-refractivity contribution in [2.45, 2.75) is 39.5 Å². The molecular weight excluding hydrogens is 238 g/mol. The van der Waals surface area contributed by atoms with Crippen molar-refractivity contribution in [1.29, 1.82) is 0 Å². The Balaban J connectivity index is 2.12. The number of benzene rings is 1. The molecule has 0 spiro atoms. The standard InChI is InChI=1S/C16H21NO2/c1-11-4-9-15(12(2)10-11)17(3)16(19)13-5-7-14(18)8-6-13/h4,9-10,13H,5-8H2,1-3H3. The number of anilines is 1. The first kappa shape index (κ1) is 13.8. The van der Waals surface area contributed by atoms with Crippen molar-refractivity contribution in [3.63, 3.8) is 0 Å². The maximum atomic E-state index is 12.5. The van der Waals surface area contributed by atoms with E-state index >= 15 is 0 Å². The average molecular weight is 259 g/mol. The molecule has 1 aromatic carbocycles. The highest BCUT2D eigenvalue weighted by molar-refractivity contribution is 5.96. The van der Waals surface area contributed by atoms with Crippen LogP contribution in [0.25, 0.3) is 0 Å². The number of hydrogen-bond acceptors (Lipinski definition) is 2. The van der Waals surface area contributed by atoms with Crippen LogP contribution in [0.1, 0.15) is 36.8 Å². The van der Waals surface area contributed by atoms with Crippen LogP contribution in [0, 0.1) is 19.8 Å². The smallest absolute Gasteiger partial charge is 0.229 e. The molecule has 0 aliphatic heterocycles. The maximum absolute atomic E-state index is 12.5. The summed E-state index contributed by atoms with van der Waals surface area (Å²) in [4.78, 5) is 25.4. The minimum atomic E-state index is 0.00315. The molecule has 2 rings (SSSR count). The molecule has 0 N–H and O–H groups in total. The van der Waals surface area contributed by atoms with E-state index in [0.29, 0.717) is 31.5 Å². The molecule has 0 unspecified atom stereocenters. The predicted octanol–water partition coefficient (Wildman–Crippen LogP) is 3.03. The summed E-state index contributed by atoms with van der Waals surface area (Å²) in [5.74, 6) is 0.432. The topological polar surface area (TPSA) is 37.4 Å². The third-order valence-corrected chi connectivity index (χ3v) is 3.94. The highest BCUT2D eigenvalue weighted by atomic mass is 16.2. The Morgan fingerprint density at radius 2 is 1.84 bits per heavy atom. The van der Waals surface area contributed by atoms with E-state index in [2.05, 4.69) is 6.07 Å². The van der Waals surface area contributed by atoms with Crippen LogP contribution in [0.4, 0.5) is 5.69 Å². The third-order valence-electron chi connectivity index (χ3n) is 3.94. The quantitative estimate of drug-likeness (QED) is 0.818. The minimum Gasteiger partial charge on any atom is -0.315 e. The van der Waals surface area contributed by atoms with Crippen LogP contribution in [0.15, 0.2) is 18.2 Å². The summed E-state index contributed by atoms with van der Waals surface area (Å²) in [7, 11) is 1.83. The molecule has 3 nitrogen and oxygen atoms in total. The number of rotatable bonds is 2. The minimum absolute atomic E-state index is 0.00315. The van der Waals surface area contributed by atoms with Gasteiger partial charge in [0.15, 0.2) is 0 Å². The normalized spacial score (nSPS) is 16.5. The van der Waals surface area contributed by atoms with Gasteiger partial charge in [-0.05, 0) is 38.3 Å². The number of ketones is 1. The van der Waals surface area contributed by atoms with E-state index in [-0.39, 0.29) is 11.8 Å². The first-order valence-electron chi connectivity index (χ1n) is 6.85. The number of carbonyl (C=O) groups excluding carboxylic acids is 2. The molecule has 0 atom stereocenters. The third kappa shape index (κ3) is 3.03. The van der Waals surface area contributed by atoms with Crippen molar-refractivity contribution in [3.8, 4) is 0 Å². The number of amides is 1. The second-order valence-electron chi connectivity index (χ2n) is 5.50. The Labute approximate surface area is 114 Å². The van der Waals surface area contributed by atoms with E-state index in [9.17, 15) is 9.59 Å². The molecule has 1 aliphatic rings. The van der Waals surface area contributed by atoms with Crippen LogP contribution < -0.4 is 4.90 Å². The Kier molecular flexibility index (Phi) is 4.03. The summed E-state index contributed by atoms with van der Waals surface area (Å²) in [6.45, 7) is 4.07. The number of nitrogens with zero attached hydrogens (tertiary/aromatic N) is 1. The summed E-state index contributed by atoms with van der Waals surface area (Å²) in [6, 6.07) is 6.11. The van der Waals surface area contributed by atoms with Gasteiger partial charge >= 0.3 is 0 Å². The van der Waals surface area contributed by atoms with Crippen LogP contribution >= 0.6 is 0 Å².